The molecule has 3 rings (SSSR count). The lowest BCUT2D eigenvalue weighted by molar-refractivity contribution is 0.102. The van der Waals surface area contributed by atoms with Crippen LogP contribution in [-0.4, -0.2) is 5.91 Å². The van der Waals surface area contributed by atoms with E-state index < -0.39 is 0 Å². The van der Waals surface area contributed by atoms with Crippen molar-refractivity contribution in [2.75, 3.05) is 5.32 Å². The maximum atomic E-state index is 12.9. The minimum absolute atomic E-state index is 0.270. The summed E-state index contributed by atoms with van der Waals surface area (Å²) in [6.45, 7) is 0. The molecule has 21 heavy (non-hydrogen) atoms. The normalized spacial score (nSPS) is 10.3. The molecule has 0 radical (unpaired) electrons. The third-order valence-corrected chi connectivity index (χ3v) is 3.06. The molecule has 0 atom stereocenters. The summed E-state index contributed by atoms with van der Waals surface area (Å²) in [6.07, 6.45) is 1.56. The molecule has 0 aliphatic heterocycles. The van der Waals surface area contributed by atoms with Crippen LogP contribution in [0, 0.1) is 5.82 Å². The second kappa shape index (κ2) is 5.63. The predicted octanol–water partition coefficient (Wildman–Crippen LogP) is 4.34. The van der Waals surface area contributed by atoms with Crippen LogP contribution in [0.5, 0.6) is 0 Å². The lowest BCUT2D eigenvalue weighted by Crippen LogP contribution is -2.13. The topological polar surface area (TPSA) is 42.2 Å². The van der Waals surface area contributed by atoms with Gasteiger partial charge in [-0.3, -0.25) is 4.79 Å². The Balaban J connectivity index is 1.90. The number of hydrogen-bond acceptors (Lipinski definition) is 2. The van der Waals surface area contributed by atoms with E-state index in [-0.39, 0.29) is 11.7 Å². The number of furan rings is 1. The van der Waals surface area contributed by atoms with Crippen LogP contribution in [0.1, 0.15) is 10.4 Å². The van der Waals surface area contributed by atoms with Crippen LogP contribution < -0.4 is 5.32 Å². The highest BCUT2D eigenvalue weighted by atomic mass is 19.1. The van der Waals surface area contributed by atoms with Crippen molar-refractivity contribution in [2.24, 2.45) is 0 Å². The van der Waals surface area contributed by atoms with Crippen LogP contribution in [0.4, 0.5) is 10.1 Å². The molecule has 0 saturated carbocycles. The molecule has 2 aromatic carbocycles. The van der Waals surface area contributed by atoms with Crippen molar-refractivity contribution in [3.8, 4) is 11.3 Å². The van der Waals surface area contributed by atoms with E-state index in [2.05, 4.69) is 5.32 Å². The molecule has 0 saturated heterocycles. The van der Waals surface area contributed by atoms with Crippen molar-refractivity contribution in [2.45, 2.75) is 0 Å². The largest absolute Gasteiger partial charge is 0.464 e. The van der Waals surface area contributed by atoms with Crippen LogP contribution in [0.3, 0.4) is 0 Å². The Bertz CT molecular complexity index is 749. The Morgan fingerprint density at radius 2 is 1.71 bits per heavy atom. The van der Waals surface area contributed by atoms with Crippen molar-refractivity contribution < 1.29 is 13.6 Å². The molecule has 104 valence electrons. The Kier molecular flexibility index (Phi) is 3.51. The summed E-state index contributed by atoms with van der Waals surface area (Å²) < 4.78 is 18.2. The number of benzene rings is 2. The van der Waals surface area contributed by atoms with Gasteiger partial charge in [0.25, 0.3) is 5.91 Å². The maximum Gasteiger partial charge on any atom is 0.256 e. The molecule has 4 heteroatoms. The second-order valence-electron chi connectivity index (χ2n) is 4.48. The molecule has 0 spiro atoms. The number of rotatable bonds is 3. The molecule has 1 amide bonds. The number of anilines is 1. The van der Waals surface area contributed by atoms with E-state index in [1.165, 1.54) is 24.3 Å². The summed E-state index contributed by atoms with van der Waals surface area (Å²) in [7, 11) is 0. The van der Waals surface area contributed by atoms with Crippen LogP contribution >= 0.6 is 0 Å². The summed E-state index contributed by atoms with van der Waals surface area (Å²) in [6, 6.07) is 16.4. The predicted molar refractivity (Wildman–Crippen MR) is 78.5 cm³/mol. The number of nitrogens with one attached hydrogen (secondary N) is 1. The third-order valence-electron chi connectivity index (χ3n) is 3.06. The number of carbonyl (C=O) groups is 1. The van der Waals surface area contributed by atoms with Gasteiger partial charge in [0.05, 0.1) is 11.8 Å². The molecule has 3 aromatic rings. The number of amides is 1. The Morgan fingerprint density at radius 1 is 0.952 bits per heavy atom. The van der Waals surface area contributed by atoms with E-state index in [1.807, 2.05) is 12.1 Å². The van der Waals surface area contributed by atoms with Gasteiger partial charge in [-0.05, 0) is 42.5 Å². The standard InChI is InChI=1S/C17H12FNO2/c18-12-7-9-13(10-8-12)19-17(20)15-5-2-1-4-14(15)16-6-3-11-21-16/h1-11H,(H,19,20). The van der Waals surface area contributed by atoms with Crippen molar-refractivity contribution in [3.05, 3.63) is 78.3 Å². The first-order chi connectivity index (χ1) is 10.2. The van der Waals surface area contributed by atoms with Crippen molar-refractivity contribution in [1.29, 1.82) is 0 Å². The molecule has 3 nitrogen and oxygen atoms in total. The Morgan fingerprint density at radius 3 is 2.43 bits per heavy atom. The lowest BCUT2D eigenvalue weighted by atomic mass is 10.0. The van der Waals surface area contributed by atoms with E-state index in [0.29, 0.717) is 22.6 Å². The summed E-state index contributed by atoms with van der Waals surface area (Å²) in [4.78, 5) is 12.4. The number of halogens is 1. The zero-order chi connectivity index (χ0) is 14.7. The van der Waals surface area contributed by atoms with Gasteiger partial charge in [0, 0.05) is 11.3 Å². The van der Waals surface area contributed by atoms with Crippen LogP contribution in [0.15, 0.2) is 71.3 Å². The first kappa shape index (κ1) is 13.1. The van der Waals surface area contributed by atoms with E-state index in [1.54, 1.807) is 30.5 Å². The fourth-order valence-corrected chi connectivity index (χ4v) is 2.06. The van der Waals surface area contributed by atoms with Gasteiger partial charge in [-0.15, -0.1) is 0 Å². The van der Waals surface area contributed by atoms with Gasteiger partial charge < -0.3 is 9.73 Å². The van der Waals surface area contributed by atoms with Crippen LogP contribution in [0.25, 0.3) is 11.3 Å². The first-order valence-electron chi connectivity index (χ1n) is 6.44. The molecule has 1 aromatic heterocycles. The van der Waals surface area contributed by atoms with Gasteiger partial charge in [-0.25, -0.2) is 4.39 Å². The summed E-state index contributed by atoms with van der Waals surface area (Å²) in [5, 5.41) is 2.74. The fraction of sp³-hybridized carbons (Fsp3) is 0. The first-order valence-corrected chi connectivity index (χ1v) is 6.44. The average molecular weight is 281 g/mol. The van der Waals surface area contributed by atoms with Crippen molar-refractivity contribution in [1.82, 2.24) is 0 Å². The quantitative estimate of drug-likeness (QED) is 0.776. The van der Waals surface area contributed by atoms with E-state index in [9.17, 15) is 9.18 Å². The highest BCUT2D eigenvalue weighted by molar-refractivity contribution is 6.08. The minimum Gasteiger partial charge on any atom is -0.464 e. The second-order valence-corrected chi connectivity index (χ2v) is 4.48. The van der Waals surface area contributed by atoms with E-state index in [0.717, 1.165) is 0 Å². The van der Waals surface area contributed by atoms with Gasteiger partial charge >= 0.3 is 0 Å². The van der Waals surface area contributed by atoms with Gasteiger partial charge in [0.1, 0.15) is 11.6 Å². The van der Waals surface area contributed by atoms with Gasteiger partial charge in [-0.2, -0.15) is 0 Å². The minimum atomic E-state index is -0.344. The summed E-state index contributed by atoms with van der Waals surface area (Å²) in [5.74, 6) is 0.0115. The smallest absolute Gasteiger partial charge is 0.256 e. The lowest BCUT2D eigenvalue weighted by Gasteiger charge is -2.08. The number of carbonyl (C=O) groups excluding carboxylic acids is 1. The van der Waals surface area contributed by atoms with E-state index in [4.69, 9.17) is 4.42 Å². The van der Waals surface area contributed by atoms with Gasteiger partial charge in [0.2, 0.25) is 0 Å². The SMILES string of the molecule is O=C(Nc1ccc(F)cc1)c1ccccc1-c1ccco1. The highest BCUT2D eigenvalue weighted by Gasteiger charge is 2.14. The van der Waals surface area contributed by atoms with Crippen LogP contribution in [0.2, 0.25) is 0 Å². The summed E-state index contributed by atoms with van der Waals surface area (Å²) in [5.41, 5.74) is 1.74. The van der Waals surface area contributed by atoms with Crippen molar-refractivity contribution in [3.63, 3.8) is 0 Å². The third kappa shape index (κ3) is 2.84. The molecular formula is C17H12FNO2. The zero-order valence-corrected chi connectivity index (χ0v) is 11.0. The average Bonchev–Trinajstić information content (AvgIpc) is 3.04. The van der Waals surface area contributed by atoms with Crippen molar-refractivity contribution >= 4 is 11.6 Å². The molecular weight excluding hydrogens is 269 g/mol. The Labute approximate surface area is 121 Å². The van der Waals surface area contributed by atoms with Crippen LogP contribution in [-0.2, 0) is 0 Å². The monoisotopic (exact) mass is 281 g/mol. The Hall–Kier alpha value is -2.88. The maximum absolute atomic E-state index is 12.9. The molecule has 0 fully saturated rings. The molecule has 0 unspecified atom stereocenters. The molecule has 0 aliphatic carbocycles. The molecule has 0 bridgehead atoms. The van der Waals surface area contributed by atoms with Gasteiger partial charge in [0.15, 0.2) is 0 Å². The van der Waals surface area contributed by atoms with E-state index >= 15 is 0 Å². The molecule has 1 heterocycles. The highest BCUT2D eigenvalue weighted by Crippen LogP contribution is 2.24. The summed E-state index contributed by atoms with van der Waals surface area (Å²) >= 11 is 0. The molecule has 0 aliphatic rings. The number of hydrogen-bond donors (Lipinski definition) is 1. The zero-order valence-electron chi connectivity index (χ0n) is 11.0. The fourth-order valence-electron chi connectivity index (χ4n) is 2.06. The molecule has 1 N–H and O–H groups in total. The van der Waals surface area contributed by atoms with Gasteiger partial charge in [-0.1, -0.05) is 18.2 Å².